The Morgan fingerprint density at radius 3 is 2.89 bits per heavy atom. The SMILES string of the molecule is CC(C)Cc1nn2cc(-c3ccc(Br)o3)nc2s1. The molecule has 6 heteroatoms. The van der Waals surface area contributed by atoms with Gasteiger partial charge < -0.3 is 4.42 Å². The second kappa shape index (κ2) is 4.51. The molecular weight excluding hydrogens is 314 g/mol. The molecule has 0 spiro atoms. The van der Waals surface area contributed by atoms with Gasteiger partial charge in [0.1, 0.15) is 10.7 Å². The van der Waals surface area contributed by atoms with Crippen molar-refractivity contribution in [3.8, 4) is 11.5 Å². The van der Waals surface area contributed by atoms with Gasteiger partial charge in [0, 0.05) is 6.42 Å². The van der Waals surface area contributed by atoms with E-state index in [9.17, 15) is 0 Å². The van der Waals surface area contributed by atoms with Crippen LogP contribution in [-0.4, -0.2) is 14.6 Å². The minimum atomic E-state index is 0.612. The highest BCUT2D eigenvalue weighted by Crippen LogP contribution is 2.26. The molecule has 3 heterocycles. The fourth-order valence-corrected chi connectivity index (χ4v) is 3.14. The van der Waals surface area contributed by atoms with Crippen molar-refractivity contribution < 1.29 is 4.42 Å². The van der Waals surface area contributed by atoms with E-state index in [2.05, 4.69) is 39.9 Å². The average Bonchev–Trinajstić information content (AvgIpc) is 2.90. The normalized spacial score (nSPS) is 11.8. The lowest BCUT2D eigenvalue weighted by Gasteiger charge is -1.97. The van der Waals surface area contributed by atoms with Gasteiger partial charge in [0.15, 0.2) is 10.4 Å². The van der Waals surface area contributed by atoms with Gasteiger partial charge in [-0.3, -0.25) is 0 Å². The molecule has 0 aliphatic heterocycles. The van der Waals surface area contributed by atoms with Crippen LogP contribution in [0.25, 0.3) is 16.4 Å². The molecule has 0 amide bonds. The molecule has 18 heavy (non-hydrogen) atoms. The highest BCUT2D eigenvalue weighted by molar-refractivity contribution is 9.10. The van der Waals surface area contributed by atoms with E-state index in [0.717, 1.165) is 27.8 Å². The lowest BCUT2D eigenvalue weighted by molar-refractivity contribution is 0.554. The molecule has 3 rings (SSSR count). The quantitative estimate of drug-likeness (QED) is 0.730. The number of halogens is 1. The summed E-state index contributed by atoms with van der Waals surface area (Å²) in [6.45, 7) is 4.38. The summed E-state index contributed by atoms with van der Waals surface area (Å²) in [5.41, 5.74) is 0.815. The van der Waals surface area contributed by atoms with Gasteiger partial charge in [-0.25, -0.2) is 9.50 Å². The number of rotatable bonds is 3. The molecule has 0 aliphatic carbocycles. The summed E-state index contributed by atoms with van der Waals surface area (Å²) < 4.78 is 8.02. The Morgan fingerprint density at radius 1 is 1.44 bits per heavy atom. The van der Waals surface area contributed by atoms with Crippen molar-refractivity contribution in [2.24, 2.45) is 5.92 Å². The van der Waals surface area contributed by atoms with Crippen molar-refractivity contribution in [1.82, 2.24) is 14.6 Å². The van der Waals surface area contributed by atoms with Crippen molar-refractivity contribution in [3.63, 3.8) is 0 Å². The second-order valence-corrected chi connectivity index (χ2v) is 6.37. The van der Waals surface area contributed by atoms with Gasteiger partial charge in [-0.1, -0.05) is 25.2 Å². The summed E-state index contributed by atoms with van der Waals surface area (Å²) >= 11 is 4.92. The molecule has 0 aliphatic rings. The smallest absolute Gasteiger partial charge is 0.212 e. The maximum Gasteiger partial charge on any atom is 0.212 e. The average molecular weight is 326 g/mol. The zero-order valence-corrected chi connectivity index (χ0v) is 12.5. The lowest BCUT2D eigenvalue weighted by Crippen LogP contribution is -1.94. The Morgan fingerprint density at radius 2 is 2.28 bits per heavy atom. The monoisotopic (exact) mass is 325 g/mol. The third-order valence-corrected chi connectivity index (χ3v) is 3.86. The molecule has 3 aromatic rings. The van der Waals surface area contributed by atoms with Crippen molar-refractivity contribution in [3.05, 3.63) is 28.0 Å². The van der Waals surface area contributed by atoms with E-state index in [1.165, 1.54) is 0 Å². The number of hydrogen-bond acceptors (Lipinski definition) is 4. The van der Waals surface area contributed by atoms with Crippen LogP contribution in [0.1, 0.15) is 18.9 Å². The van der Waals surface area contributed by atoms with E-state index in [1.54, 1.807) is 11.3 Å². The zero-order valence-electron chi connectivity index (χ0n) is 10.1. The molecular formula is C12H12BrN3OS. The van der Waals surface area contributed by atoms with Gasteiger partial charge in [-0.2, -0.15) is 5.10 Å². The van der Waals surface area contributed by atoms with Crippen molar-refractivity contribution in [2.75, 3.05) is 0 Å². The number of hydrogen-bond donors (Lipinski definition) is 0. The third kappa shape index (κ3) is 2.22. The van der Waals surface area contributed by atoms with Crippen LogP contribution in [0, 0.1) is 5.92 Å². The largest absolute Gasteiger partial charge is 0.448 e. The predicted molar refractivity (Wildman–Crippen MR) is 74.8 cm³/mol. The minimum Gasteiger partial charge on any atom is -0.448 e. The first-order valence-corrected chi connectivity index (χ1v) is 7.33. The molecule has 0 radical (unpaired) electrons. The molecule has 0 fully saturated rings. The molecule has 0 unspecified atom stereocenters. The Balaban J connectivity index is 1.95. The molecule has 4 nitrogen and oxygen atoms in total. The molecule has 0 atom stereocenters. The minimum absolute atomic E-state index is 0.612. The number of aromatic nitrogens is 3. The van der Waals surface area contributed by atoms with Crippen molar-refractivity contribution in [1.29, 1.82) is 0 Å². The van der Waals surface area contributed by atoms with Crippen LogP contribution < -0.4 is 0 Å². The zero-order chi connectivity index (χ0) is 12.7. The van der Waals surface area contributed by atoms with Crippen LogP contribution >= 0.6 is 27.3 Å². The number of furan rings is 1. The van der Waals surface area contributed by atoms with Gasteiger partial charge in [0.05, 0.1) is 6.20 Å². The topological polar surface area (TPSA) is 43.3 Å². The van der Waals surface area contributed by atoms with E-state index < -0.39 is 0 Å². The second-order valence-electron chi connectivity index (χ2n) is 4.55. The molecule has 94 valence electrons. The number of fused-ring (bicyclic) bond motifs is 1. The van der Waals surface area contributed by atoms with Gasteiger partial charge >= 0.3 is 0 Å². The van der Waals surface area contributed by atoms with Crippen molar-refractivity contribution >= 4 is 32.2 Å². The standard InChI is InChI=1S/C12H12BrN3OS/c1-7(2)5-11-15-16-6-8(14-12(16)18-11)9-3-4-10(13)17-9/h3-4,6-7H,5H2,1-2H3. The van der Waals surface area contributed by atoms with Crippen LogP contribution in [0.4, 0.5) is 0 Å². The van der Waals surface area contributed by atoms with Gasteiger partial charge in [-0.15, -0.1) is 0 Å². The van der Waals surface area contributed by atoms with Gasteiger partial charge in [0.25, 0.3) is 0 Å². The first kappa shape index (κ1) is 11.9. The molecule has 0 aromatic carbocycles. The van der Waals surface area contributed by atoms with Crippen LogP contribution in [0.15, 0.2) is 27.4 Å². The fourth-order valence-electron chi connectivity index (χ4n) is 1.74. The number of imidazole rings is 1. The van der Waals surface area contributed by atoms with Crippen LogP contribution in [0.5, 0.6) is 0 Å². The lowest BCUT2D eigenvalue weighted by atomic mass is 10.1. The van der Waals surface area contributed by atoms with E-state index in [1.807, 2.05) is 22.8 Å². The first-order valence-electron chi connectivity index (χ1n) is 5.72. The molecule has 3 aromatic heterocycles. The van der Waals surface area contributed by atoms with E-state index in [-0.39, 0.29) is 0 Å². The first-order chi connectivity index (χ1) is 8.61. The summed E-state index contributed by atoms with van der Waals surface area (Å²) in [5, 5.41) is 5.65. The van der Waals surface area contributed by atoms with E-state index in [4.69, 9.17) is 4.42 Å². The molecule has 0 saturated heterocycles. The predicted octanol–water partition coefficient (Wildman–Crippen LogP) is 4.01. The Bertz CT molecular complexity index is 651. The third-order valence-electron chi connectivity index (χ3n) is 2.49. The molecule has 0 saturated carbocycles. The Kier molecular flexibility index (Phi) is 2.99. The summed E-state index contributed by atoms with van der Waals surface area (Å²) in [6, 6.07) is 3.76. The fraction of sp³-hybridized carbons (Fsp3) is 0.333. The highest BCUT2D eigenvalue weighted by atomic mass is 79.9. The summed E-state index contributed by atoms with van der Waals surface area (Å²) in [5.74, 6) is 1.37. The summed E-state index contributed by atoms with van der Waals surface area (Å²) in [4.78, 5) is 5.44. The van der Waals surface area contributed by atoms with Crippen LogP contribution in [-0.2, 0) is 6.42 Å². The highest BCUT2D eigenvalue weighted by Gasteiger charge is 2.12. The van der Waals surface area contributed by atoms with E-state index in [0.29, 0.717) is 10.6 Å². The molecule has 0 N–H and O–H groups in total. The maximum atomic E-state index is 5.48. The van der Waals surface area contributed by atoms with Crippen LogP contribution in [0.3, 0.4) is 0 Å². The summed E-state index contributed by atoms with van der Waals surface area (Å²) in [6.07, 6.45) is 2.90. The van der Waals surface area contributed by atoms with Gasteiger partial charge in [0.2, 0.25) is 4.96 Å². The summed E-state index contributed by atoms with van der Waals surface area (Å²) in [7, 11) is 0. The van der Waals surface area contributed by atoms with Crippen LogP contribution in [0.2, 0.25) is 0 Å². The van der Waals surface area contributed by atoms with Crippen molar-refractivity contribution in [2.45, 2.75) is 20.3 Å². The Labute approximate surface area is 117 Å². The maximum absolute atomic E-state index is 5.48. The van der Waals surface area contributed by atoms with E-state index >= 15 is 0 Å². The Hall–Kier alpha value is -1.14. The molecule has 0 bridgehead atoms. The van der Waals surface area contributed by atoms with Gasteiger partial charge in [-0.05, 0) is 34.0 Å². The number of nitrogens with zero attached hydrogens (tertiary/aromatic N) is 3.